The van der Waals surface area contributed by atoms with E-state index in [2.05, 4.69) is 26.8 Å². The summed E-state index contributed by atoms with van der Waals surface area (Å²) in [6.45, 7) is 7.73. The van der Waals surface area contributed by atoms with Crippen LogP contribution in [0.2, 0.25) is 0 Å². The fraction of sp³-hybridized carbons (Fsp3) is 0.788. The molecule has 38 heavy (non-hydrogen) atoms. The molecule has 0 spiro atoms. The third-order valence-electron chi connectivity index (χ3n) is 10.3. The van der Waals surface area contributed by atoms with Gasteiger partial charge in [-0.3, -0.25) is 0 Å². The second-order valence-corrected chi connectivity index (χ2v) is 13.4. The Morgan fingerprint density at radius 2 is 1.79 bits per heavy atom. The van der Waals surface area contributed by atoms with Crippen molar-refractivity contribution in [2.75, 3.05) is 20.2 Å². The zero-order valence-corrected chi connectivity index (χ0v) is 24.5. The minimum Gasteiger partial charge on any atom is -0.508 e. The Labute approximate surface area is 231 Å². The van der Waals surface area contributed by atoms with E-state index in [1.54, 1.807) is 4.90 Å². The minimum atomic E-state index is -0.202. The molecule has 4 rings (SSSR count). The molecule has 2 N–H and O–H groups in total. The molecular weight excluding hydrogens is 474 g/mol. The Morgan fingerprint density at radius 3 is 2.53 bits per heavy atom. The molecule has 1 amide bonds. The molecule has 3 aliphatic carbocycles. The number of unbranched alkanes of at least 4 members (excludes halogenated alkanes) is 6. The summed E-state index contributed by atoms with van der Waals surface area (Å²) in [6.07, 6.45) is 15.0. The van der Waals surface area contributed by atoms with Gasteiger partial charge in [0.1, 0.15) is 5.75 Å². The van der Waals surface area contributed by atoms with Crippen molar-refractivity contribution in [3.8, 4) is 5.75 Å². The van der Waals surface area contributed by atoms with Gasteiger partial charge in [-0.2, -0.15) is 0 Å². The second-order valence-electron chi connectivity index (χ2n) is 13.4. The maximum absolute atomic E-state index is 12.0. The molecule has 0 heterocycles. The lowest BCUT2D eigenvalue weighted by Gasteiger charge is -2.53. The first-order chi connectivity index (χ1) is 18.2. The number of benzene rings is 1. The van der Waals surface area contributed by atoms with E-state index in [0.717, 1.165) is 38.6 Å². The molecule has 2 fully saturated rings. The number of rotatable bonds is 12. The summed E-state index contributed by atoms with van der Waals surface area (Å²) in [5.74, 6) is 3.32. The quantitative estimate of drug-likeness (QED) is 0.274. The highest BCUT2D eigenvalue weighted by atomic mass is 16.6. The summed E-state index contributed by atoms with van der Waals surface area (Å²) < 4.78 is 5.29. The molecule has 6 atom stereocenters. The molecule has 0 radical (unpaired) electrons. The van der Waals surface area contributed by atoms with Crippen molar-refractivity contribution in [3.63, 3.8) is 0 Å². The molecule has 2 saturated carbocycles. The van der Waals surface area contributed by atoms with Crippen LogP contribution in [0, 0.1) is 29.1 Å². The SMILES string of the molecule is CC(C)COC(=O)N(C)CCCCCCCCC[C@@H]1Cc2cc(O)ccc2[C@H]2CC[C@]3(C)[C@@H](O)CC[C@H]3[C@H]12. The topological polar surface area (TPSA) is 70.0 Å². The van der Waals surface area contributed by atoms with E-state index in [9.17, 15) is 15.0 Å². The van der Waals surface area contributed by atoms with Crippen molar-refractivity contribution in [1.82, 2.24) is 4.90 Å². The predicted molar refractivity (Wildman–Crippen MR) is 153 cm³/mol. The van der Waals surface area contributed by atoms with Crippen molar-refractivity contribution in [2.45, 2.75) is 116 Å². The molecule has 0 aliphatic heterocycles. The molecule has 1 aromatic carbocycles. The monoisotopic (exact) mass is 527 g/mol. The second kappa shape index (κ2) is 13.1. The summed E-state index contributed by atoms with van der Waals surface area (Å²) in [6, 6.07) is 6.10. The van der Waals surface area contributed by atoms with E-state index >= 15 is 0 Å². The summed E-state index contributed by atoms with van der Waals surface area (Å²) in [5.41, 5.74) is 2.94. The van der Waals surface area contributed by atoms with Crippen molar-refractivity contribution >= 4 is 6.09 Å². The van der Waals surface area contributed by atoms with Gasteiger partial charge in [0, 0.05) is 13.6 Å². The average molecular weight is 528 g/mol. The average Bonchev–Trinajstić information content (AvgIpc) is 3.19. The van der Waals surface area contributed by atoms with Gasteiger partial charge in [-0.25, -0.2) is 4.79 Å². The van der Waals surface area contributed by atoms with Crippen LogP contribution in [-0.4, -0.2) is 47.5 Å². The van der Waals surface area contributed by atoms with Crippen molar-refractivity contribution in [3.05, 3.63) is 29.3 Å². The molecular formula is C33H53NO4. The number of carbonyl (C=O) groups excluding carboxylic acids is 1. The van der Waals surface area contributed by atoms with E-state index in [1.807, 2.05) is 19.2 Å². The van der Waals surface area contributed by atoms with Crippen molar-refractivity contribution in [2.24, 2.45) is 29.1 Å². The number of carbonyl (C=O) groups is 1. The highest BCUT2D eigenvalue weighted by Crippen LogP contribution is 2.62. The summed E-state index contributed by atoms with van der Waals surface area (Å²) in [5, 5.41) is 21.0. The molecule has 0 bridgehead atoms. The normalized spacial score (nSPS) is 30.0. The lowest BCUT2D eigenvalue weighted by atomic mass is 9.52. The largest absolute Gasteiger partial charge is 0.508 e. The predicted octanol–water partition coefficient (Wildman–Crippen LogP) is 7.68. The van der Waals surface area contributed by atoms with Crippen LogP contribution in [0.1, 0.15) is 115 Å². The van der Waals surface area contributed by atoms with Crippen molar-refractivity contribution < 1.29 is 19.7 Å². The number of nitrogens with zero attached hydrogens (tertiary/aromatic N) is 1. The molecule has 1 aromatic rings. The Hall–Kier alpha value is -1.75. The first kappa shape index (κ1) is 29.2. The Kier molecular flexibility index (Phi) is 10.1. The minimum absolute atomic E-state index is 0.0903. The fourth-order valence-electron chi connectivity index (χ4n) is 8.11. The van der Waals surface area contributed by atoms with Gasteiger partial charge in [-0.1, -0.05) is 65.4 Å². The maximum atomic E-state index is 12.0. The number of ether oxygens (including phenoxy) is 1. The van der Waals surface area contributed by atoms with E-state index in [-0.39, 0.29) is 17.6 Å². The smallest absolute Gasteiger partial charge is 0.409 e. The van der Waals surface area contributed by atoms with E-state index in [4.69, 9.17) is 4.74 Å². The third-order valence-corrected chi connectivity index (χ3v) is 10.3. The van der Waals surface area contributed by atoms with E-state index < -0.39 is 0 Å². The molecule has 0 aromatic heterocycles. The van der Waals surface area contributed by atoms with Gasteiger partial charge in [-0.05, 0) is 103 Å². The summed E-state index contributed by atoms with van der Waals surface area (Å²) >= 11 is 0. The van der Waals surface area contributed by atoms with Crippen LogP contribution in [0.5, 0.6) is 5.75 Å². The number of aliphatic hydroxyl groups excluding tert-OH is 1. The van der Waals surface area contributed by atoms with Crippen LogP contribution in [0.3, 0.4) is 0 Å². The van der Waals surface area contributed by atoms with Crippen LogP contribution >= 0.6 is 0 Å². The first-order valence-corrected chi connectivity index (χ1v) is 15.6. The van der Waals surface area contributed by atoms with Crippen LogP contribution in [-0.2, 0) is 11.2 Å². The zero-order chi connectivity index (χ0) is 27.3. The number of aliphatic hydroxyl groups is 1. The van der Waals surface area contributed by atoms with Crippen LogP contribution < -0.4 is 0 Å². The number of aromatic hydroxyl groups is 1. The van der Waals surface area contributed by atoms with Gasteiger partial charge >= 0.3 is 6.09 Å². The zero-order valence-electron chi connectivity index (χ0n) is 24.5. The Bertz CT molecular complexity index is 916. The molecule has 5 heteroatoms. The standard InChI is InChI=1S/C33H53NO4/c1-23(2)22-38-32(37)34(4)19-11-9-7-5-6-8-10-12-24-20-25-21-26(35)13-14-27(25)28-17-18-33(3)29(31(24)28)15-16-30(33)36/h13-14,21,23-24,28-31,35-36H,5-12,15-20,22H2,1-4H3/t24-,28-,29+,30+,31-,33+/m1/s1. The number of fused-ring (bicyclic) bond motifs is 5. The van der Waals surface area contributed by atoms with Gasteiger partial charge in [0.25, 0.3) is 0 Å². The highest BCUT2D eigenvalue weighted by Gasteiger charge is 2.56. The Balaban J connectivity index is 1.20. The summed E-state index contributed by atoms with van der Waals surface area (Å²) in [4.78, 5) is 13.7. The van der Waals surface area contributed by atoms with Gasteiger partial charge in [-0.15, -0.1) is 0 Å². The van der Waals surface area contributed by atoms with E-state index in [0.29, 0.717) is 41.9 Å². The van der Waals surface area contributed by atoms with Crippen LogP contribution in [0.4, 0.5) is 4.79 Å². The van der Waals surface area contributed by atoms with Gasteiger partial charge in [0.15, 0.2) is 0 Å². The van der Waals surface area contributed by atoms with Crippen molar-refractivity contribution in [1.29, 1.82) is 0 Å². The lowest BCUT2D eigenvalue weighted by Crippen LogP contribution is -2.47. The third kappa shape index (κ3) is 6.69. The number of phenols is 1. The Morgan fingerprint density at radius 1 is 1.08 bits per heavy atom. The van der Waals surface area contributed by atoms with Crippen LogP contribution in [0.25, 0.3) is 0 Å². The van der Waals surface area contributed by atoms with Crippen LogP contribution in [0.15, 0.2) is 18.2 Å². The molecule has 5 nitrogen and oxygen atoms in total. The highest BCUT2D eigenvalue weighted by molar-refractivity contribution is 5.67. The molecule has 0 saturated heterocycles. The molecule has 214 valence electrons. The number of phenolic OH excluding ortho intramolecular Hbond substituents is 1. The molecule has 3 aliphatic rings. The van der Waals surface area contributed by atoms with Gasteiger partial charge in [0.05, 0.1) is 12.7 Å². The number of amides is 1. The summed E-state index contributed by atoms with van der Waals surface area (Å²) in [7, 11) is 1.83. The van der Waals surface area contributed by atoms with E-state index in [1.165, 1.54) is 62.5 Å². The maximum Gasteiger partial charge on any atom is 0.409 e. The van der Waals surface area contributed by atoms with Gasteiger partial charge < -0.3 is 19.8 Å². The molecule has 0 unspecified atom stereocenters. The first-order valence-electron chi connectivity index (χ1n) is 15.6. The lowest BCUT2D eigenvalue weighted by molar-refractivity contribution is -0.0396. The van der Waals surface area contributed by atoms with Gasteiger partial charge in [0.2, 0.25) is 0 Å². The number of hydrogen-bond donors (Lipinski definition) is 2. The number of hydrogen-bond acceptors (Lipinski definition) is 4. The fourth-order valence-corrected chi connectivity index (χ4v) is 8.11.